The van der Waals surface area contributed by atoms with Gasteiger partial charge in [-0.3, -0.25) is 19.2 Å². The summed E-state index contributed by atoms with van der Waals surface area (Å²) in [6.45, 7) is 6.18. The average Bonchev–Trinajstić information content (AvgIpc) is 3.44. The van der Waals surface area contributed by atoms with E-state index in [9.17, 15) is 39.2 Å². The fourth-order valence-electron chi connectivity index (χ4n) is 9.31. The molecule has 4 aliphatic carbocycles. The van der Waals surface area contributed by atoms with Gasteiger partial charge in [0.2, 0.25) is 11.7 Å². The minimum Gasteiger partial charge on any atom is -0.464 e. The summed E-state index contributed by atoms with van der Waals surface area (Å²) < 4.78 is 56.4. The molecule has 0 aromatic heterocycles. The van der Waals surface area contributed by atoms with Crippen LogP contribution in [0.1, 0.15) is 79.6 Å². The molecule has 5 rings (SSSR count). The van der Waals surface area contributed by atoms with Crippen molar-refractivity contribution in [2.24, 2.45) is 22.7 Å². The Kier molecular flexibility index (Phi) is 10.3. The fourth-order valence-corrected chi connectivity index (χ4v) is 9.31. The summed E-state index contributed by atoms with van der Waals surface area (Å²) in [5.41, 5.74) is -7.18. The predicted octanol–water partition coefficient (Wildman–Crippen LogP) is 2.69. The zero-order valence-electron chi connectivity index (χ0n) is 29.2. The molecule has 51 heavy (non-hydrogen) atoms. The van der Waals surface area contributed by atoms with Gasteiger partial charge in [-0.2, -0.15) is 0 Å². The summed E-state index contributed by atoms with van der Waals surface area (Å²) in [5, 5.41) is 23.3. The Balaban J connectivity index is 1.33. The van der Waals surface area contributed by atoms with Crippen LogP contribution in [0.4, 0.5) is 8.78 Å². The number of fused-ring (bicyclic) bond motifs is 7. The van der Waals surface area contributed by atoms with Crippen LogP contribution in [-0.2, 0) is 47.8 Å². The van der Waals surface area contributed by atoms with Crippen molar-refractivity contribution in [3.8, 4) is 0 Å². The summed E-state index contributed by atoms with van der Waals surface area (Å²) in [5.74, 6) is -7.61. The lowest BCUT2D eigenvalue weighted by atomic mass is 9.45. The van der Waals surface area contributed by atoms with E-state index in [1.54, 1.807) is 20.8 Å². The van der Waals surface area contributed by atoms with Crippen molar-refractivity contribution >= 4 is 29.4 Å². The first-order chi connectivity index (χ1) is 23.7. The van der Waals surface area contributed by atoms with Crippen molar-refractivity contribution < 1.29 is 66.7 Å². The summed E-state index contributed by atoms with van der Waals surface area (Å²) in [7, 11) is 0. The molecule has 1 aliphatic heterocycles. The van der Waals surface area contributed by atoms with Crippen molar-refractivity contribution in [3.05, 3.63) is 33.7 Å². The van der Waals surface area contributed by atoms with E-state index >= 15 is 8.78 Å². The van der Waals surface area contributed by atoms with Gasteiger partial charge < -0.3 is 34.2 Å². The predicted molar refractivity (Wildman–Crippen MR) is 168 cm³/mol. The number of esters is 2. The highest BCUT2D eigenvalue weighted by atomic mass is 19.1. The molecule has 9 atom stereocenters. The van der Waals surface area contributed by atoms with E-state index in [1.165, 1.54) is 19.1 Å². The highest BCUT2D eigenvalue weighted by molar-refractivity contribution is 5.94. The van der Waals surface area contributed by atoms with E-state index < -0.39 is 112 Å². The second-order valence-electron chi connectivity index (χ2n) is 14.9. The van der Waals surface area contributed by atoms with Crippen LogP contribution in [0.3, 0.4) is 0 Å². The fraction of sp³-hybridized carbons (Fsp3) is 0.735. The second kappa shape index (κ2) is 13.6. The number of carbonyl (C=O) groups is 5. The van der Waals surface area contributed by atoms with E-state index in [0.717, 1.165) is 6.92 Å². The quantitative estimate of drug-likeness (QED) is 0.121. The van der Waals surface area contributed by atoms with Crippen molar-refractivity contribution in [1.29, 1.82) is 0 Å². The van der Waals surface area contributed by atoms with Gasteiger partial charge in [-0.15, -0.1) is 10.1 Å². The SMILES string of the molecule is CC(=O)NC(CC(=O)OCC(=O)[C@@]12OC(C)(C)O[C@@H]1C[C@H]1[C@@H]3CC(F)=C4CC(=O)C=C[C@]4(C)[C@@]3(F)[C@@H](O)C[C@@]12C)C(=O)OCCCCO[N+](=O)[O-]. The van der Waals surface area contributed by atoms with Crippen LogP contribution in [0.2, 0.25) is 0 Å². The molecular weight excluding hydrogens is 682 g/mol. The van der Waals surface area contributed by atoms with Gasteiger partial charge in [0.25, 0.3) is 5.09 Å². The Bertz CT molecular complexity index is 1570. The normalized spacial score (nSPS) is 36.6. The van der Waals surface area contributed by atoms with Crippen molar-refractivity contribution in [2.75, 3.05) is 19.8 Å². The third-order valence-corrected chi connectivity index (χ3v) is 11.4. The molecule has 1 unspecified atom stereocenters. The molecule has 3 fully saturated rings. The molecule has 1 saturated heterocycles. The highest BCUT2D eigenvalue weighted by Crippen LogP contribution is 2.72. The number of nitrogens with zero attached hydrogens (tertiary/aromatic N) is 1. The molecule has 17 heteroatoms. The van der Waals surface area contributed by atoms with E-state index in [4.69, 9.17) is 18.9 Å². The number of alkyl halides is 1. The first kappa shape index (κ1) is 38.4. The number of unbranched alkanes of at least 4 members (excludes halogenated alkanes) is 1. The molecule has 2 N–H and O–H groups in total. The summed E-state index contributed by atoms with van der Waals surface area (Å²) in [6.07, 6.45) is -1.38. The molecule has 0 radical (unpaired) electrons. The van der Waals surface area contributed by atoms with E-state index in [1.807, 2.05) is 0 Å². The molecule has 5 aliphatic rings. The number of Topliss-reactive ketones (excluding diaryl/α,β-unsaturated/α-hetero) is 1. The Hall–Kier alpha value is -3.83. The number of rotatable bonds is 13. The second-order valence-corrected chi connectivity index (χ2v) is 14.9. The van der Waals surface area contributed by atoms with Gasteiger partial charge in [0, 0.05) is 36.5 Å². The molecule has 282 valence electrons. The molecule has 1 amide bonds. The third kappa shape index (κ3) is 6.45. The number of ketones is 2. The van der Waals surface area contributed by atoms with Gasteiger partial charge in [0.15, 0.2) is 29.4 Å². The summed E-state index contributed by atoms with van der Waals surface area (Å²) in [6, 6.07) is -1.47. The van der Waals surface area contributed by atoms with Gasteiger partial charge in [0.1, 0.15) is 11.9 Å². The number of ether oxygens (including phenoxy) is 4. The Morgan fingerprint density at radius 2 is 1.82 bits per heavy atom. The number of halogens is 2. The van der Waals surface area contributed by atoms with Crippen molar-refractivity contribution in [3.63, 3.8) is 0 Å². The molecule has 1 heterocycles. The number of hydrogen-bond acceptors (Lipinski definition) is 13. The van der Waals surface area contributed by atoms with Gasteiger partial charge in [-0.1, -0.05) is 13.0 Å². The topological polar surface area (TPSA) is 207 Å². The first-order valence-corrected chi connectivity index (χ1v) is 17.0. The Morgan fingerprint density at radius 1 is 1.14 bits per heavy atom. The van der Waals surface area contributed by atoms with E-state index in [2.05, 4.69) is 10.2 Å². The monoisotopic (exact) mass is 726 g/mol. The van der Waals surface area contributed by atoms with E-state index in [-0.39, 0.29) is 56.7 Å². The lowest BCUT2D eigenvalue weighted by Gasteiger charge is -2.62. The molecule has 15 nitrogen and oxygen atoms in total. The number of carbonyl (C=O) groups excluding carboxylic acids is 5. The van der Waals surface area contributed by atoms with Crippen LogP contribution in [0.5, 0.6) is 0 Å². The van der Waals surface area contributed by atoms with Crippen LogP contribution in [0, 0.1) is 32.8 Å². The van der Waals surface area contributed by atoms with Gasteiger partial charge in [-0.25, -0.2) is 13.6 Å². The molecule has 2 saturated carbocycles. The third-order valence-electron chi connectivity index (χ3n) is 11.4. The Labute approximate surface area is 292 Å². The average molecular weight is 727 g/mol. The van der Waals surface area contributed by atoms with Crippen molar-refractivity contribution in [2.45, 2.75) is 115 Å². The minimum absolute atomic E-state index is 0.00432. The van der Waals surface area contributed by atoms with Crippen LogP contribution < -0.4 is 5.32 Å². The Morgan fingerprint density at radius 3 is 2.49 bits per heavy atom. The molecule has 0 aromatic rings. The zero-order chi connectivity index (χ0) is 37.7. The summed E-state index contributed by atoms with van der Waals surface area (Å²) >= 11 is 0. The number of nitrogens with one attached hydrogen (secondary N) is 1. The largest absolute Gasteiger partial charge is 0.464 e. The number of allylic oxidation sites excluding steroid dienone is 4. The maximum Gasteiger partial charge on any atom is 0.329 e. The smallest absolute Gasteiger partial charge is 0.329 e. The van der Waals surface area contributed by atoms with Crippen LogP contribution in [0.25, 0.3) is 0 Å². The van der Waals surface area contributed by atoms with Gasteiger partial charge in [-0.05, 0) is 64.0 Å². The molecular formula is C34H44F2N2O13. The molecule has 0 aromatic carbocycles. The number of aliphatic hydroxyl groups is 1. The van der Waals surface area contributed by atoms with Gasteiger partial charge >= 0.3 is 11.9 Å². The summed E-state index contributed by atoms with van der Waals surface area (Å²) in [4.78, 5) is 78.3. The van der Waals surface area contributed by atoms with E-state index in [0.29, 0.717) is 0 Å². The maximum absolute atomic E-state index is 17.6. The number of hydrogen-bond donors (Lipinski definition) is 2. The standard InChI is InChI=1S/C34H44F2N2O13/c1-18(39)37-24(29(44)47-10-6-7-11-49-38(45)46)15-28(43)48-17-26(42)34-27(50-30(2,3)51-34)14-20-21-13-23(35)22-12-19(40)8-9-31(22,4)33(21,36)25(41)16-32(20,34)5/h8-9,20-21,24-25,27,41H,6-7,10-17H2,1-5H3,(H,37,39)/t20-,21-,24?,25-,27+,31-,32-,33-,34+/m0/s1. The molecule has 0 bridgehead atoms. The highest BCUT2D eigenvalue weighted by Gasteiger charge is 2.80. The van der Waals surface area contributed by atoms with Gasteiger partial charge in [0.05, 0.1) is 31.8 Å². The van der Waals surface area contributed by atoms with Crippen molar-refractivity contribution in [1.82, 2.24) is 5.32 Å². The van der Waals surface area contributed by atoms with Crippen LogP contribution >= 0.6 is 0 Å². The number of amides is 1. The zero-order valence-corrected chi connectivity index (χ0v) is 29.2. The first-order valence-electron chi connectivity index (χ1n) is 17.0. The molecule has 0 spiro atoms. The minimum atomic E-state index is -2.39. The maximum atomic E-state index is 17.6. The van der Waals surface area contributed by atoms with Crippen LogP contribution in [0.15, 0.2) is 23.6 Å². The lowest BCUT2D eigenvalue weighted by Crippen LogP contribution is -2.70. The van der Waals surface area contributed by atoms with Crippen LogP contribution in [-0.4, -0.2) is 94.7 Å². The lowest BCUT2D eigenvalue weighted by molar-refractivity contribution is -0.757. The number of aliphatic hydroxyl groups excluding tert-OH is 1.